The van der Waals surface area contributed by atoms with E-state index < -0.39 is 21.5 Å². The van der Waals surface area contributed by atoms with Crippen molar-refractivity contribution < 1.29 is 18.0 Å². The molecule has 0 heterocycles. The van der Waals surface area contributed by atoms with Gasteiger partial charge in [-0.15, -0.1) is 0 Å². The van der Waals surface area contributed by atoms with Gasteiger partial charge >= 0.3 is 0 Å². The van der Waals surface area contributed by atoms with Gasteiger partial charge in [-0.2, -0.15) is 0 Å². The van der Waals surface area contributed by atoms with Crippen molar-refractivity contribution in [1.29, 1.82) is 0 Å². The molecule has 0 aliphatic heterocycles. The number of benzene rings is 1. The first-order valence-corrected chi connectivity index (χ1v) is 9.18. The minimum Gasteiger partial charge on any atom is -0.339 e. The fourth-order valence-electron chi connectivity index (χ4n) is 1.87. The first kappa shape index (κ1) is 18.4. The van der Waals surface area contributed by atoms with Crippen LogP contribution < -0.4 is 5.32 Å². The Morgan fingerprint density at radius 2 is 1.82 bits per heavy atom. The number of halogens is 1. The molecule has 6 nitrogen and oxygen atoms in total. The van der Waals surface area contributed by atoms with Gasteiger partial charge < -0.3 is 10.2 Å². The lowest BCUT2D eigenvalue weighted by molar-refractivity contribution is -0.113. The Morgan fingerprint density at radius 3 is 2.32 bits per heavy atom. The molecule has 0 aliphatic rings. The van der Waals surface area contributed by atoms with E-state index in [1.54, 1.807) is 11.0 Å². The Morgan fingerprint density at radius 1 is 1.23 bits per heavy atom. The second-order valence-corrected chi connectivity index (χ2v) is 7.34. The average molecular weight is 347 g/mol. The van der Waals surface area contributed by atoms with Crippen LogP contribution in [0, 0.1) is 0 Å². The van der Waals surface area contributed by atoms with Gasteiger partial charge in [0.15, 0.2) is 9.84 Å². The van der Waals surface area contributed by atoms with Crippen LogP contribution in [0.5, 0.6) is 0 Å². The number of anilines is 1. The number of amides is 2. The molecule has 0 aliphatic carbocycles. The molecule has 0 fully saturated rings. The molecule has 1 aromatic rings. The molecule has 0 radical (unpaired) electrons. The van der Waals surface area contributed by atoms with Gasteiger partial charge in [0.2, 0.25) is 5.91 Å². The standard InChI is InChI=1S/C14H19ClN2O4S/c1-4-17(5-2)14(19)10-6-7-11(15)12(8-10)16-13(18)9-22(3,20)21/h6-8H,4-5,9H2,1-3H3,(H,16,18). The summed E-state index contributed by atoms with van der Waals surface area (Å²) in [5.41, 5.74) is 0.594. The van der Waals surface area contributed by atoms with E-state index in [4.69, 9.17) is 11.6 Å². The Hall–Kier alpha value is -1.60. The zero-order valence-electron chi connectivity index (χ0n) is 12.7. The van der Waals surface area contributed by atoms with E-state index in [9.17, 15) is 18.0 Å². The van der Waals surface area contributed by atoms with Gasteiger partial charge in [-0.3, -0.25) is 9.59 Å². The average Bonchev–Trinajstić information content (AvgIpc) is 2.40. The molecule has 0 aromatic heterocycles. The lowest BCUT2D eigenvalue weighted by atomic mass is 10.1. The first-order chi connectivity index (χ1) is 10.2. The highest BCUT2D eigenvalue weighted by molar-refractivity contribution is 7.91. The molecule has 22 heavy (non-hydrogen) atoms. The molecule has 1 aromatic carbocycles. The largest absolute Gasteiger partial charge is 0.339 e. The summed E-state index contributed by atoms with van der Waals surface area (Å²) in [7, 11) is -3.43. The molecule has 1 N–H and O–H groups in total. The smallest absolute Gasteiger partial charge is 0.253 e. The predicted octanol–water partition coefficient (Wildman–Crippen LogP) is 1.81. The van der Waals surface area contributed by atoms with Crippen LogP contribution in [0.4, 0.5) is 5.69 Å². The predicted molar refractivity (Wildman–Crippen MR) is 87.0 cm³/mol. The molecule has 0 atom stereocenters. The zero-order chi connectivity index (χ0) is 16.9. The zero-order valence-corrected chi connectivity index (χ0v) is 14.3. The lowest BCUT2D eigenvalue weighted by Crippen LogP contribution is -2.30. The van der Waals surface area contributed by atoms with E-state index >= 15 is 0 Å². The van der Waals surface area contributed by atoms with Gasteiger partial charge in [0, 0.05) is 24.9 Å². The van der Waals surface area contributed by atoms with Crippen LogP contribution in [0.2, 0.25) is 5.02 Å². The van der Waals surface area contributed by atoms with Crippen molar-refractivity contribution in [2.45, 2.75) is 13.8 Å². The molecule has 0 bridgehead atoms. The fourth-order valence-corrected chi connectivity index (χ4v) is 2.59. The van der Waals surface area contributed by atoms with E-state index in [2.05, 4.69) is 5.32 Å². The van der Waals surface area contributed by atoms with Gasteiger partial charge in [-0.1, -0.05) is 11.6 Å². The molecule has 0 saturated carbocycles. The van der Waals surface area contributed by atoms with Gasteiger partial charge in [0.1, 0.15) is 5.75 Å². The maximum atomic E-state index is 12.3. The molecule has 8 heteroatoms. The third-order valence-electron chi connectivity index (χ3n) is 2.93. The molecular formula is C14H19ClN2O4S. The van der Waals surface area contributed by atoms with Crippen LogP contribution >= 0.6 is 11.6 Å². The van der Waals surface area contributed by atoms with Crippen molar-refractivity contribution in [3.05, 3.63) is 28.8 Å². The third kappa shape index (κ3) is 5.31. The van der Waals surface area contributed by atoms with Crippen LogP contribution in [-0.4, -0.2) is 50.2 Å². The number of rotatable bonds is 6. The van der Waals surface area contributed by atoms with Crippen molar-refractivity contribution >= 4 is 38.9 Å². The topological polar surface area (TPSA) is 83.6 Å². The minimum absolute atomic E-state index is 0.180. The van der Waals surface area contributed by atoms with E-state index in [1.165, 1.54) is 12.1 Å². The number of hydrogen-bond acceptors (Lipinski definition) is 4. The number of carbonyl (C=O) groups is 2. The summed E-state index contributed by atoms with van der Waals surface area (Å²) < 4.78 is 22.2. The summed E-state index contributed by atoms with van der Waals surface area (Å²) in [4.78, 5) is 25.6. The molecule has 0 spiro atoms. The van der Waals surface area contributed by atoms with Crippen LogP contribution in [0.3, 0.4) is 0 Å². The van der Waals surface area contributed by atoms with Gasteiger partial charge in [-0.05, 0) is 32.0 Å². The molecule has 0 unspecified atom stereocenters. The Bertz CT molecular complexity index is 669. The van der Waals surface area contributed by atoms with Crippen molar-refractivity contribution in [1.82, 2.24) is 4.90 Å². The summed E-state index contributed by atoms with van der Waals surface area (Å²) in [5, 5.41) is 2.65. The summed E-state index contributed by atoms with van der Waals surface area (Å²) in [6, 6.07) is 4.51. The maximum Gasteiger partial charge on any atom is 0.253 e. The quantitative estimate of drug-likeness (QED) is 0.851. The summed E-state index contributed by atoms with van der Waals surface area (Å²) in [5.74, 6) is -1.52. The molecule has 2 amide bonds. The van der Waals surface area contributed by atoms with Crippen LogP contribution in [0.1, 0.15) is 24.2 Å². The molecular weight excluding hydrogens is 328 g/mol. The highest BCUT2D eigenvalue weighted by Gasteiger charge is 2.16. The maximum absolute atomic E-state index is 12.3. The fraction of sp³-hybridized carbons (Fsp3) is 0.429. The Labute approximate surface area is 135 Å². The van der Waals surface area contributed by atoms with Gasteiger partial charge in [0.25, 0.3) is 5.91 Å². The number of sulfone groups is 1. The summed E-state index contributed by atoms with van der Waals surface area (Å²) in [6.07, 6.45) is 0.967. The van der Waals surface area contributed by atoms with Crippen LogP contribution in [0.25, 0.3) is 0 Å². The van der Waals surface area contributed by atoms with Crippen LogP contribution in [-0.2, 0) is 14.6 Å². The van der Waals surface area contributed by atoms with E-state index in [1.807, 2.05) is 13.8 Å². The molecule has 122 valence electrons. The third-order valence-corrected chi connectivity index (χ3v) is 4.05. The van der Waals surface area contributed by atoms with E-state index in [0.717, 1.165) is 6.26 Å². The van der Waals surface area contributed by atoms with E-state index in [-0.39, 0.29) is 16.6 Å². The van der Waals surface area contributed by atoms with Gasteiger partial charge in [-0.25, -0.2) is 8.42 Å². The van der Waals surface area contributed by atoms with Crippen LogP contribution in [0.15, 0.2) is 18.2 Å². The number of nitrogens with one attached hydrogen (secondary N) is 1. The Kier molecular flexibility index (Phi) is 6.37. The number of carbonyl (C=O) groups excluding carboxylic acids is 2. The van der Waals surface area contributed by atoms with Crippen molar-refractivity contribution in [3.8, 4) is 0 Å². The van der Waals surface area contributed by atoms with E-state index in [0.29, 0.717) is 18.7 Å². The van der Waals surface area contributed by atoms with Gasteiger partial charge in [0.05, 0.1) is 10.7 Å². The number of hydrogen-bond donors (Lipinski definition) is 1. The molecule has 1 rings (SSSR count). The van der Waals surface area contributed by atoms with Crippen molar-refractivity contribution in [2.24, 2.45) is 0 Å². The van der Waals surface area contributed by atoms with Crippen molar-refractivity contribution in [3.63, 3.8) is 0 Å². The second kappa shape index (κ2) is 7.60. The highest BCUT2D eigenvalue weighted by Crippen LogP contribution is 2.24. The second-order valence-electron chi connectivity index (χ2n) is 4.79. The summed E-state index contributed by atoms with van der Waals surface area (Å²) >= 11 is 5.97. The monoisotopic (exact) mass is 346 g/mol. The highest BCUT2D eigenvalue weighted by atomic mass is 35.5. The normalized spacial score (nSPS) is 11.1. The van der Waals surface area contributed by atoms with Crippen molar-refractivity contribution in [2.75, 3.05) is 30.4 Å². The molecule has 0 saturated heterocycles. The SMILES string of the molecule is CCN(CC)C(=O)c1ccc(Cl)c(NC(=O)CS(C)(=O)=O)c1. The first-order valence-electron chi connectivity index (χ1n) is 6.74. The Balaban J connectivity index is 3.00. The minimum atomic E-state index is -3.43. The lowest BCUT2D eigenvalue weighted by Gasteiger charge is -2.19. The number of nitrogens with zero attached hydrogens (tertiary/aromatic N) is 1. The summed E-state index contributed by atoms with van der Waals surface area (Å²) in [6.45, 7) is 4.86.